The van der Waals surface area contributed by atoms with Crippen molar-refractivity contribution in [2.75, 3.05) is 0 Å². The van der Waals surface area contributed by atoms with E-state index in [1.54, 1.807) is 12.1 Å². The van der Waals surface area contributed by atoms with Crippen molar-refractivity contribution in [3.8, 4) is 11.1 Å². The number of fused-ring (bicyclic) bond motifs is 8. The molecule has 2 atom stereocenters. The average molecular weight is 717 g/mol. The Hall–Kier alpha value is -4.53. The van der Waals surface area contributed by atoms with Gasteiger partial charge in [0.1, 0.15) is 12.2 Å². The lowest BCUT2D eigenvalue weighted by atomic mass is 9.98. The highest BCUT2D eigenvalue weighted by atomic mass is 16.4. The summed E-state index contributed by atoms with van der Waals surface area (Å²) in [6.45, 7) is 6.62. The summed E-state index contributed by atoms with van der Waals surface area (Å²) in [4.78, 5) is 29.6. The number of nitrogens with one attached hydrogen (secondary N) is 2. The molecule has 0 amide bonds. The number of aliphatic hydroxyl groups is 2. The van der Waals surface area contributed by atoms with Gasteiger partial charge in [0, 0.05) is 33.2 Å². The minimum absolute atomic E-state index is 0.221. The van der Waals surface area contributed by atoms with Crippen LogP contribution >= 0.6 is 0 Å². The Morgan fingerprint density at radius 2 is 1.04 bits per heavy atom. The highest BCUT2D eigenvalue weighted by molar-refractivity contribution is 5.93. The summed E-state index contributed by atoms with van der Waals surface area (Å²) in [6, 6.07) is 15.4. The minimum Gasteiger partial charge on any atom is -0.478 e. The summed E-state index contributed by atoms with van der Waals surface area (Å²) >= 11 is 0. The van der Waals surface area contributed by atoms with Gasteiger partial charge < -0.3 is 25.3 Å². The molecule has 0 radical (unpaired) electrons. The average Bonchev–Trinajstić information content (AvgIpc) is 3.99. The van der Waals surface area contributed by atoms with Gasteiger partial charge in [-0.1, -0.05) is 90.7 Å². The number of aromatic amines is 2. The van der Waals surface area contributed by atoms with Gasteiger partial charge in [0.05, 0.1) is 28.3 Å². The van der Waals surface area contributed by atoms with Gasteiger partial charge in [0.25, 0.3) is 0 Å². The molecule has 53 heavy (non-hydrogen) atoms. The van der Waals surface area contributed by atoms with E-state index in [0.29, 0.717) is 17.8 Å². The number of hydrogen-bond donors (Lipinski definition) is 5. The van der Waals surface area contributed by atoms with E-state index in [0.717, 1.165) is 139 Å². The molecule has 0 aliphatic carbocycles. The van der Waals surface area contributed by atoms with E-state index in [4.69, 9.17) is 9.97 Å². The zero-order chi connectivity index (χ0) is 37.3. The largest absolute Gasteiger partial charge is 0.478 e. The van der Waals surface area contributed by atoms with Crippen molar-refractivity contribution in [3.05, 3.63) is 93.6 Å². The lowest BCUT2D eigenvalue weighted by Crippen LogP contribution is -2.08. The third-order valence-electron chi connectivity index (χ3n) is 10.8. The van der Waals surface area contributed by atoms with E-state index in [-0.39, 0.29) is 5.56 Å². The maximum atomic E-state index is 11.8. The number of aryl methyl sites for hydroxylation is 2. The number of H-pyrrole nitrogens is 2. The Balaban J connectivity index is 1.68. The molecule has 0 spiro atoms. The number of carboxylic acid groups (broad SMARTS) is 1. The summed E-state index contributed by atoms with van der Waals surface area (Å²) in [5, 5.41) is 33.1. The van der Waals surface area contributed by atoms with Gasteiger partial charge in [-0.05, 0) is 104 Å². The highest BCUT2D eigenvalue weighted by Crippen LogP contribution is 2.39. The van der Waals surface area contributed by atoms with E-state index in [2.05, 4.69) is 55.0 Å². The number of aliphatic hydroxyl groups excluding tert-OH is 2. The number of aromatic carboxylic acids is 1. The first-order valence-corrected chi connectivity index (χ1v) is 20.0. The summed E-state index contributed by atoms with van der Waals surface area (Å²) in [6.07, 6.45) is 17.0. The molecule has 2 aliphatic rings. The smallest absolute Gasteiger partial charge is 0.335 e. The molecule has 3 aromatic heterocycles. The molecule has 8 bridgehead atoms. The standard InChI is InChI=1S/C45H56N4O4/c1-4-7-10-13-16-31-34-23-24-36(46-34)32(17-14-11-8-5-2)41-43(50)44(51)42(49-41)33(18-15-12-9-6-3)37-26-28-39(48-37)40(38-27-25-35(31)47-38)29-19-21-30(22-20-29)45(52)53/h19-28,43-44,46-47,50-51H,4-18H2,1-3H3,(H,52,53). The molecule has 5 heterocycles. The second-order valence-corrected chi connectivity index (χ2v) is 14.7. The second kappa shape index (κ2) is 18.0. The molecule has 280 valence electrons. The van der Waals surface area contributed by atoms with Crippen LogP contribution in [0.4, 0.5) is 0 Å². The third-order valence-corrected chi connectivity index (χ3v) is 10.8. The lowest BCUT2D eigenvalue weighted by molar-refractivity contribution is 0.0244. The predicted octanol–water partition coefficient (Wildman–Crippen LogP) is 11.0. The monoisotopic (exact) mass is 716 g/mol. The van der Waals surface area contributed by atoms with Crippen LogP contribution in [-0.2, 0) is 19.3 Å². The van der Waals surface area contributed by atoms with Crippen molar-refractivity contribution in [3.63, 3.8) is 0 Å². The van der Waals surface area contributed by atoms with Gasteiger partial charge in [-0.25, -0.2) is 9.78 Å². The zero-order valence-corrected chi connectivity index (χ0v) is 31.7. The van der Waals surface area contributed by atoms with Crippen LogP contribution in [0, 0.1) is 0 Å². The molecule has 8 heteroatoms. The van der Waals surface area contributed by atoms with Crippen LogP contribution in [0.5, 0.6) is 0 Å². The van der Waals surface area contributed by atoms with Crippen molar-refractivity contribution < 1.29 is 20.1 Å². The van der Waals surface area contributed by atoms with E-state index >= 15 is 0 Å². The van der Waals surface area contributed by atoms with Crippen LogP contribution in [0.1, 0.15) is 160 Å². The molecular formula is C45H56N4O4. The van der Waals surface area contributed by atoms with Crippen molar-refractivity contribution in [2.45, 2.75) is 129 Å². The maximum absolute atomic E-state index is 11.8. The fourth-order valence-corrected chi connectivity index (χ4v) is 7.80. The fourth-order valence-electron chi connectivity index (χ4n) is 7.80. The number of unbranched alkanes of at least 4 members (excludes halogenated alkanes) is 9. The van der Waals surface area contributed by atoms with Gasteiger partial charge in [-0.2, -0.15) is 0 Å². The number of rotatable bonds is 17. The van der Waals surface area contributed by atoms with Gasteiger partial charge >= 0.3 is 5.97 Å². The first kappa shape index (κ1) is 38.2. The van der Waals surface area contributed by atoms with Gasteiger partial charge in [0.2, 0.25) is 0 Å². The number of benzene rings is 1. The Labute approximate surface area is 313 Å². The SMILES string of the molecule is CCCCCCc1c2nc(c(-c3ccc(C(=O)O)cc3)c3ccc([nH]3)c(CCCCCC)c3ccc([nH]3)c(CCCCCC)c3nc1C(O)C3O)C=C2. The molecule has 5 N–H and O–H groups in total. The Morgan fingerprint density at radius 3 is 1.60 bits per heavy atom. The van der Waals surface area contributed by atoms with E-state index < -0.39 is 18.2 Å². The zero-order valence-electron chi connectivity index (χ0n) is 31.7. The van der Waals surface area contributed by atoms with Crippen LogP contribution in [0.15, 0.2) is 48.5 Å². The number of aromatic nitrogens is 4. The Kier molecular flexibility index (Phi) is 13.0. The molecule has 2 unspecified atom stereocenters. The van der Waals surface area contributed by atoms with Crippen molar-refractivity contribution in [1.82, 2.24) is 19.9 Å². The number of nitrogens with zero attached hydrogens (tertiary/aromatic N) is 2. The van der Waals surface area contributed by atoms with Crippen LogP contribution < -0.4 is 0 Å². The van der Waals surface area contributed by atoms with Crippen molar-refractivity contribution >= 4 is 40.2 Å². The van der Waals surface area contributed by atoms with E-state index in [1.165, 1.54) is 12.0 Å². The molecule has 4 aromatic rings. The maximum Gasteiger partial charge on any atom is 0.335 e. The number of carbonyl (C=O) groups is 1. The van der Waals surface area contributed by atoms with Crippen LogP contribution in [0.25, 0.3) is 45.3 Å². The summed E-state index contributed by atoms with van der Waals surface area (Å²) in [5.41, 5.74) is 11.3. The summed E-state index contributed by atoms with van der Waals surface area (Å²) in [5.74, 6) is -0.971. The molecule has 2 aliphatic heterocycles. The molecule has 0 fully saturated rings. The fraction of sp³-hybridized carbons (Fsp3) is 0.444. The van der Waals surface area contributed by atoms with Crippen LogP contribution in [-0.4, -0.2) is 41.2 Å². The topological polar surface area (TPSA) is 135 Å². The number of carboxylic acids is 1. The first-order chi connectivity index (χ1) is 25.8. The second-order valence-electron chi connectivity index (χ2n) is 14.7. The highest BCUT2D eigenvalue weighted by Gasteiger charge is 2.34. The van der Waals surface area contributed by atoms with Crippen molar-refractivity contribution in [2.24, 2.45) is 0 Å². The quantitative estimate of drug-likeness (QED) is 0.0608. The van der Waals surface area contributed by atoms with E-state index in [9.17, 15) is 20.1 Å². The normalized spacial score (nSPS) is 15.3. The minimum atomic E-state index is -1.17. The summed E-state index contributed by atoms with van der Waals surface area (Å²) < 4.78 is 0. The molecule has 6 rings (SSSR count). The van der Waals surface area contributed by atoms with Crippen molar-refractivity contribution in [1.29, 1.82) is 0 Å². The lowest BCUT2D eigenvalue weighted by Gasteiger charge is -2.13. The Bertz CT molecular complexity index is 2070. The first-order valence-electron chi connectivity index (χ1n) is 20.0. The van der Waals surface area contributed by atoms with Gasteiger partial charge in [0.15, 0.2) is 0 Å². The van der Waals surface area contributed by atoms with Gasteiger partial charge in [-0.3, -0.25) is 4.98 Å². The molecule has 8 nitrogen and oxygen atoms in total. The van der Waals surface area contributed by atoms with Gasteiger partial charge in [-0.15, -0.1) is 0 Å². The molecule has 0 saturated carbocycles. The Morgan fingerprint density at radius 1 is 0.566 bits per heavy atom. The van der Waals surface area contributed by atoms with E-state index in [1.807, 2.05) is 24.3 Å². The van der Waals surface area contributed by atoms with Crippen LogP contribution in [0.2, 0.25) is 0 Å². The number of hydrogen-bond acceptors (Lipinski definition) is 5. The molecule has 0 saturated heterocycles. The third kappa shape index (κ3) is 8.66. The predicted molar refractivity (Wildman–Crippen MR) is 216 cm³/mol. The molecule has 1 aromatic carbocycles. The van der Waals surface area contributed by atoms with Crippen LogP contribution in [0.3, 0.4) is 0 Å². The summed E-state index contributed by atoms with van der Waals surface area (Å²) in [7, 11) is 0. The molecular weight excluding hydrogens is 661 g/mol.